The number of aliphatic carboxylic acids is 1. The van der Waals surface area contributed by atoms with Gasteiger partial charge in [-0.1, -0.05) is 0 Å². The molecule has 0 amide bonds. The van der Waals surface area contributed by atoms with Gasteiger partial charge in [0.15, 0.2) is 0 Å². The summed E-state index contributed by atoms with van der Waals surface area (Å²) in [5, 5.41) is 8.35. The van der Waals surface area contributed by atoms with Gasteiger partial charge in [-0.3, -0.25) is 4.79 Å². The maximum Gasteiger partial charge on any atom is 0.350 e. The van der Waals surface area contributed by atoms with E-state index in [0.717, 1.165) is 14.0 Å². The number of hydrogen-bond acceptors (Lipinski definition) is 3. The fourth-order valence-electron chi connectivity index (χ4n) is 0.502. The first-order valence-corrected chi connectivity index (χ1v) is 4.69. The monoisotopic (exact) mass is 217 g/mol. The Kier molecular flexibility index (Phi) is 3.73. The summed E-state index contributed by atoms with van der Waals surface area (Å²) < 4.78 is 45.2. The molecule has 0 aromatic carbocycles. The van der Waals surface area contributed by atoms with Gasteiger partial charge in [0.05, 0.1) is 0 Å². The standard InChI is InChI=1S/C5H9F2NO4S/c1-3(4(9)10)8(2)13(11,12)5(6)7/h3,5H,1-2H3,(H,9,10). The molecule has 0 spiro atoms. The van der Waals surface area contributed by atoms with Crippen LogP contribution in [0.3, 0.4) is 0 Å². The van der Waals surface area contributed by atoms with E-state index in [9.17, 15) is 22.0 Å². The molecule has 1 N–H and O–H groups in total. The first-order chi connectivity index (χ1) is 5.71. The molecule has 0 fully saturated rings. The Morgan fingerprint density at radius 1 is 1.46 bits per heavy atom. The molecule has 78 valence electrons. The van der Waals surface area contributed by atoms with Crippen LogP contribution >= 0.6 is 0 Å². The highest BCUT2D eigenvalue weighted by atomic mass is 32.2. The van der Waals surface area contributed by atoms with Gasteiger partial charge in [0.1, 0.15) is 6.04 Å². The molecule has 0 aliphatic rings. The van der Waals surface area contributed by atoms with E-state index >= 15 is 0 Å². The van der Waals surface area contributed by atoms with Crippen LogP contribution in [0.1, 0.15) is 6.92 Å². The number of nitrogens with zero attached hydrogens (tertiary/aromatic N) is 1. The molecule has 0 rings (SSSR count). The van der Waals surface area contributed by atoms with E-state index in [4.69, 9.17) is 5.11 Å². The average molecular weight is 217 g/mol. The SMILES string of the molecule is CC(C(=O)O)N(C)S(=O)(=O)C(F)F. The lowest BCUT2D eigenvalue weighted by Crippen LogP contribution is -2.42. The van der Waals surface area contributed by atoms with Crippen molar-refractivity contribution in [1.82, 2.24) is 4.31 Å². The summed E-state index contributed by atoms with van der Waals surface area (Å²) in [6.07, 6.45) is 0. The summed E-state index contributed by atoms with van der Waals surface area (Å²) in [6.45, 7) is 1.00. The van der Waals surface area contributed by atoms with Gasteiger partial charge in [-0.05, 0) is 6.92 Å². The first kappa shape index (κ1) is 12.2. The van der Waals surface area contributed by atoms with Crippen molar-refractivity contribution in [3.63, 3.8) is 0 Å². The Labute approximate surface area is 74.0 Å². The maximum atomic E-state index is 11.9. The number of halogens is 2. The van der Waals surface area contributed by atoms with E-state index in [0.29, 0.717) is 0 Å². The second-order valence-electron chi connectivity index (χ2n) is 2.34. The van der Waals surface area contributed by atoms with Crippen LogP contribution in [0.2, 0.25) is 0 Å². The molecule has 0 aromatic rings. The van der Waals surface area contributed by atoms with Crippen LogP contribution in [0.4, 0.5) is 8.78 Å². The van der Waals surface area contributed by atoms with Crippen molar-refractivity contribution >= 4 is 16.0 Å². The maximum absolute atomic E-state index is 11.9. The summed E-state index contributed by atoms with van der Waals surface area (Å²) in [4.78, 5) is 10.3. The van der Waals surface area contributed by atoms with E-state index in [2.05, 4.69) is 0 Å². The Bertz CT molecular complexity index is 289. The van der Waals surface area contributed by atoms with Crippen LogP contribution in [0, 0.1) is 0 Å². The van der Waals surface area contributed by atoms with Crippen molar-refractivity contribution in [1.29, 1.82) is 0 Å². The molecule has 0 heterocycles. The van der Waals surface area contributed by atoms with Crippen molar-refractivity contribution in [2.24, 2.45) is 0 Å². The molecule has 0 aliphatic heterocycles. The average Bonchev–Trinajstić information content (AvgIpc) is 2.01. The molecule has 1 atom stereocenters. The molecule has 0 aromatic heterocycles. The van der Waals surface area contributed by atoms with Crippen LogP contribution in [0.15, 0.2) is 0 Å². The number of rotatable bonds is 4. The predicted molar refractivity (Wildman–Crippen MR) is 39.8 cm³/mol. The van der Waals surface area contributed by atoms with Gasteiger partial charge in [0.2, 0.25) is 0 Å². The smallest absolute Gasteiger partial charge is 0.350 e. The van der Waals surface area contributed by atoms with Gasteiger partial charge in [-0.2, -0.15) is 13.1 Å². The van der Waals surface area contributed by atoms with E-state index in [1.165, 1.54) is 0 Å². The van der Waals surface area contributed by atoms with Crippen LogP contribution in [-0.4, -0.2) is 42.6 Å². The molecule has 5 nitrogen and oxygen atoms in total. The molecular weight excluding hydrogens is 208 g/mol. The molecule has 0 aliphatic carbocycles. The number of alkyl halides is 2. The van der Waals surface area contributed by atoms with Gasteiger partial charge < -0.3 is 5.11 Å². The van der Waals surface area contributed by atoms with Gasteiger partial charge in [-0.15, -0.1) is 0 Å². The zero-order chi connectivity index (χ0) is 10.8. The van der Waals surface area contributed by atoms with Crippen LogP contribution in [-0.2, 0) is 14.8 Å². The third kappa shape index (κ3) is 2.59. The zero-order valence-corrected chi connectivity index (χ0v) is 7.75. The highest BCUT2D eigenvalue weighted by molar-refractivity contribution is 7.89. The number of carboxylic acid groups (broad SMARTS) is 1. The van der Waals surface area contributed by atoms with Crippen molar-refractivity contribution in [2.75, 3.05) is 7.05 Å². The van der Waals surface area contributed by atoms with Gasteiger partial charge >= 0.3 is 11.7 Å². The summed E-state index contributed by atoms with van der Waals surface area (Å²) in [7, 11) is -4.01. The van der Waals surface area contributed by atoms with Crippen molar-refractivity contribution in [3.8, 4) is 0 Å². The van der Waals surface area contributed by atoms with Crippen molar-refractivity contribution in [2.45, 2.75) is 18.7 Å². The lowest BCUT2D eigenvalue weighted by atomic mass is 10.4. The minimum absolute atomic E-state index is 0.125. The number of carboxylic acids is 1. The number of sulfonamides is 1. The fourth-order valence-corrected chi connectivity index (χ4v) is 1.28. The van der Waals surface area contributed by atoms with Crippen LogP contribution in [0.25, 0.3) is 0 Å². The van der Waals surface area contributed by atoms with E-state index in [-0.39, 0.29) is 4.31 Å². The number of hydrogen-bond donors (Lipinski definition) is 1. The molecule has 8 heteroatoms. The Morgan fingerprint density at radius 3 is 2.08 bits per heavy atom. The Balaban J connectivity index is 4.80. The minimum Gasteiger partial charge on any atom is -0.480 e. The lowest BCUT2D eigenvalue weighted by Gasteiger charge is -2.19. The lowest BCUT2D eigenvalue weighted by molar-refractivity contribution is -0.140. The molecular formula is C5H9F2NO4S. The molecule has 0 saturated carbocycles. The van der Waals surface area contributed by atoms with Gasteiger partial charge in [0, 0.05) is 7.05 Å². The van der Waals surface area contributed by atoms with Gasteiger partial charge in [0.25, 0.3) is 10.0 Å². The molecule has 13 heavy (non-hydrogen) atoms. The number of likely N-dealkylation sites (N-methyl/N-ethyl adjacent to an activating group) is 1. The molecule has 0 saturated heterocycles. The van der Waals surface area contributed by atoms with Gasteiger partial charge in [-0.25, -0.2) is 8.42 Å². The normalized spacial score (nSPS) is 14.9. The quantitative estimate of drug-likeness (QED) is 0.716. The largest absolute Gasteiger partial charge is 0.480 e. The topological polar surface area (TPSA) is 74.7 Å². The van der Waals surface area contributed by atoms with E-state index in [1.54, 1.807) is 0 Å². The fraction of sp³-hybridized carbons (Fsp3) is 0.800. The second kappa shape index (κ2) is 3.97. The summed E-state index contributed by atoms with van der Waals surface area (Å²) in [5.41, 5.74) is 0. The summed E-state index contributed by atoms with van der Waals surface area (Å²) >= 11 is 0. The highest BCUT2D eigenvalue weighted by Gasteiger charge is 2.34. The van der Waals surface area contributed by atoms with E-state index in [1.807, 2.05) is 0 Å². The summed E-state index contributed by atoms with van der Waals surface area (Å²) in [6, 6.07) is -1.50. The second-order valence-corrected chi connectivity index (χ2v) is 4.30. The molecule has 0 bridgehead atoms. The third-order valence-electron chi connectivity index (χ3n) is 1.53. The van der Waals surface area contributed by atoms with E-state index < -0.39 is 27.8 Å². The third-order valence-corrected chi connectivity index (χ3v) is 3.10. The Hall–Kier alpha value is -0.760. The molecule has 0 radical (unpaired) electrons. The predicted octanol–water partition coefficient (Wildman–Crippen LogP) is -0.0563. The van der Waals surface area contributed by atoms with Crippen molar-refractivity contribution in [3.05, 3.63) is 0 Å². The number of carbonyl (C=O) groups is 1. The van der Waals surface area contributed by atoms with Crippen molar-refractivity contribution < 1.29 is 27.1 Å². The zero-order valence-electron chi connectivity index (χ0n) is 6.94. The first-order valence-electron chi connectivity index (χ1n) is 3.19. The highest BCUT2D eigenvalue weighted by Crippen LogP contribution is 2.12. The van der Waals surface area contributed by atoms with Crippen LogP contribution < -0.4 is 0 Å². The summed E-state index contributed by atoms with van der Waals surface area (Å²) in [5.74, 6) is -5.08. The molecule has 1 unspecified atom stereocenters. The van der Waals surface area contributed by atoms with Crippen LogP contribution in [0.5, 0.6) is 0 Å². The Morgan fingerprint density at radius 2 is 1.85 bits per heavy atom. The minimum atomic E-state index is -4.80.